The number of aliphatic hydroxyl groups is 1. The zero-order valence-electron chi connectivity index (χ0n) is 10.6. The molecule has 0 aromatic heterocycles. The number of hydrogen-bond donors (Lipinski definition) is 2. The molecule has 1 amide bonds. The van der Waals surface area contributed by atoms with Crippen molar-refractivity contribution in [3.05, 3.63) is 29.6 Å². The van der Waals surface area contributed by atoms with Crippen molar-refractivity contribution in [2.45, 2.75) is 6.54 Å². The summed E-state index contributed by atoms with van der Waals surface area (Å²) in [5, 5.41) is 11.9. The van der Waals surface area contributed by atoms with Crippen LogP contribution in [0.1, 0.15) is 5.56 Å². The van der Waals surface area contributed by atoms with Crippen molar-refractivity contribution in [1.82, 2.24) is 5.32 Å². The average molecular weight is 269 g/mol. The predicted octanol–water partition coefficient (Wildman–Crippen LogP) is 0.459. The van der Waals surface area contributed by atoms with Crippen LogP contribution in [0.5, 0.6) is 5.75 Å². The molecule has 1 saturated heterocycles. The molecule has 0 aliphatic carbocycles. The molecule has 0 unspecified atom stereocenters. The van der Waals surface area contributed by atoms with Gasteiger partial charge in [0.25, 0.3) is 0 Å². The summed E-state index contributed by atoms with van der Waals surface area (Å²) in [5.41, 5.74) is -0.315. The minimum Gasteiger partial charge on any atom is -0.496 e. The number of amides is 1. The van der Waals surface area contributed by atoms with Crippen LogP contribution in [0.25, 0.3) is 0 Å². The van der Waals surface area contributed by atoms with E-state index < -0.39 is 11.2 Å². The van der Waals surface area contributed by atoms with Gasteiger partial charge in [-0.05, 0) is 18.2 Å². The molecule has 0 radical (unpaired) electrons. The summed E-state index contributed by atoms with van der Waals surface area (Å²) in [7, 11) is 1.48. The van der Waals surface area contributed by atoms with Gasteiger partial charge in [-0.2, -0.15) is 0 Å². The minimum atomic E-state index is -0.861. The van der Waals surface area contributed by atoms with Gasteiger partial charge in [0.2, 0.25) is 5.91 Å². The Morgan fingerprint density at radius 2 is 2.32 bits per heavy atom. The van der Waals surface area contributed by atoms with Crippen molar-refractivity contribution in [3.63, 3.8) is 0 Å². The first-order valence-corrected chi connectivity index (χ1v) is 5.90. The second kappa shape index (κ2) is 5.54. The van der Waals surface area contributed by atoms with Gasteiger partial charge in [0.1, 0.15) is 17.0 Å². The fourth-order valence-electron chi connectivity index (χ4n) is 1.89. The average Bonchev–Trinajstić information content (AvgIpc) is 2.36. The lowest BCUT2D eigenvalue weighted by molar-refractivity contribution is -0.170. The van der Waals surface area contributed by atoms with Crippen LogP contribution in [-0.2, 0) is 16.1 Å². The Hall–Kier alpha value is -1.66. The molecular formula is C13H16FNO4. The van der Waals surface area contributed by atoms with Gasteiger partial charge in [-0.15, -0.1) is 0 Å². The molecule has 1 aliphatic rings. The monoisotopic (exact) mass is 269 g/mol. The van der Waals surface area contributed by atoms with Crippen LogP contribution >= 0.6 is 0 Å². The molecule has 0 spiro atoms. The third-order valence-corrected chi connectivity index (χ3v) is 3.22. The molecular weight excluding hydrogens is 253 g/mol. The maximum absolute atomic E-state index is 13.2. The molecule has 2 N–H and O–H groups in total. The van der Waals surface area contributed by atoms with Gasteiger partial charge >= 0.3 is 0 Å². The Bertz CT molecular complexity index is 468. The first kappa shape index (κ1) is 13.8. The van der Waals surface area contributed by atoms with E-state index in [1.807, 2.05) is 0 Å². The number of hydrogen-bond acceptors (Lipinski definition) is 4. The Kier molecular flexibility index (Phi) is 4.01. The Labute approximate surface area is 110 Å². The predicted molar refractivity (Wildman–Crippen MR) is 65.1 cm³/mol. The Morgan fingerprint density at radius 1 is 1.58 bits per heavy atom. The van der Waals surface area contributed by atoms with E-state index in [4.69, 9.17) is 9.47 Å². The Balaban J connectivity index is 2.02. The van der Waals surface area contributed by atoms with Gasteiger partial charge in [0.05, 0.1) is 26.9 Å². The van der Waals surface area contributed by atoms with Crippen LogP contribution in [0.15, 0.2) is 18.2 Å². The highest BCUT2D eigenvalue weighted by atomic mass is 19.1. The molecule has 104 valence electrons. The van der Waals surface area contributed by atoms with E-state index in [-0.39, 0.29) is 32.3 Å². The van der Waals surface area contributed by atoms with Crippen LogP contribution in [0.2, 0.25) is 0 Å². The van der Waals surface area contributed by atoms with E-state index in [1.54, 1.807) is 0 Å². The third-order valence-electron chi connectivity index (χ3n) is 3.22. The number of carbonyl (C=O) groups excluding carboxylic acids is 1. The molecule has 1 heterocycles. The van der Waals surface area contributed by atoms with Crippen LogP contribution in [0.3, 0.4) is 0 Å². The highest BCUT2D eigenvalue weighted by Gasteiger charge is 2.45. The van der Waals surface area contributed by atoms with E-state index in [0.29, 0.717) is 11.3 Å². The zero-order valence-corrected chi connectivity index (χ0v) is 10.6. The van der Waals surface area contributed by atoms with Gasteiger partial charge in [-0.25, -0.2) is 4.39 Å². The van der Waals surface area contributed by atoms with Gasteiger partial charge in [0, 0.05) is 12.1 Å². The second-order valence-corrected chi connectivity index (χ2v) is 4.57. The number of halogens is 1. The standard InChI is InChI=1S/C13H16FNO4/c1-18-11-3-2-10(14)4-9(11)5-15-12(17)13(6-16)7-19-8-13/h2-4,16H,5-8H2,1H3,(H,15,17). The number of methoxy groups -OCH3 is 1. The van der Waals surface area contributed by atoms with Gasteiger partial charge in [-0.3, -0.25) is 4.79 Å². The summed E-state index contributed by atoms with van der Waals surface area (Å²) in [6.07, 6.45) is 0. The maximum Gasteiger partial charge on any atom is 0.233 e. The molecule has 5 nitrogen and oxygen atoms in total. The van der Waals surface area contributed by atoms with Crippen molar-refractivity contribution in [3.8, 4) is 5.75 Å². The summed E-state index contributed by atoms with van der Waals surface area (Å²) in [6.45, 7) is 0.284. The van der Waals surface area contributed by atoms with Crippen LogP contribution in [0, 0.1) is 11.2 Å². The van der Waals surface area contributed by atoms with Crippen molar-refractivity contribution >= 4 is 5.91 Å². The first-order valence-electron chi connectivity index (χ1n) is 5.90. The largest absolute Gasteiger partial charge is 0.496 e. The summed E-state index contributed by atoms with van der Waals surface area (Å²) in [6, 6.07) is 4.10. The van der Waals surface area contributed by atoms with Gasteiger partial charge in [0.15, 0.2) is 0 Å². The number of nitrogens with one attached hydrogen (secondary N) is 1. The summed E-state index contributed by atoms with van der Waals surface area (Å²) < 4.78 is 23.2. The van der Waals surface area contributed by atoms with Gasteiger partial charge in [-0.1, -0.05) is 0 Å². The quantitative estimate of drug-likeness (QED) is 0.815. The number of benzene rings is 1. The van der Waals surface area contributed by atoms with Crippen LogP contribution < -0.4 is 10.1 Å². The molecule has 1 aromatic rings. The number of ether oxygens (including phenoxy) is 2. The lowest BCUT2D eigenvalue weighted by atomic mass is 9.86. The fraction of sp³-hybridized carbons (Fsp3) is 0.462. The van der Waals surface area contributed by atoms with Gasteiger partial charge < -0.3 is 19.9 Å². The highest BCUT2D eigenvalue weighted by molar-refractivity contribution is 5.83. The Morgan fingerprint density at radius 3 is 2.84 bits per heavy atom. The van der Waals surface area contributed by atoms with Crippen LogP contribution in [-0.4, -0.2) is 37.9 Å². The van der Waals surface area contributed by atoms with E-state index in [1.165, 1.54) is 25.3 Å². The molecule has 0 saturated carbocycles. The second-order valence-electron chi connectivity index (χ2n) is 4.57. The fourth-order valence-corrected chi connectivity index (χ4v) is 1.89. The van der Waals surface area contributed by atoms with E-state index in [0.717, 1.165) is 0 Å². The number of rotatable bonds is 5. The molecule has 0 bridgehead atoms. The summed E-state index contributed by atoms with van der Waals surface area (Å²) in [5.74, 6) is -0.189. The number of carbonyl (C=O) groups is 1. The van der Waals surface area contributed by atoms with Crippen molar-refractivity contribution in [2.75, 3.05) is 26.9 Å². The molecule has 19 heavy (non-hydrogen) atoms. The maximum atomic E-state index is 13.2. The van der Waals surface area contributed by atoms with Crippen molar-refractivity contribution in [1.29, 1.82) is 0 Å². The van der Waals surface area contributed by atoms with E-state index in [9.17, 15) is 14.3 Å². The van der Waals surface area contributed by atoms with E-state index >= 15 is 0 Å². The molecule has 1 aromatic carbocycles. The van der Waals surface area contributed by atoms with Crippen molar-refractivity contribution < 1.29 is 23.8 Å². The minimum absolute atomic E-state index is 0.140. The molecule has 1 fully saturated rings. The van der Waals surface area contributed by atoms with Crippen molar-refractivity contribution in [2.24, 2.45) is 5.41 Å². The van der Waals surface area contributed by atoms with E-state index in [2.05, 4.69) is 5.32 Å². The molecule has 2 rings (SSSR count). The normalized spacial score (nSPS) is 16.6. The van der Waals surface area contributed by atoms with Crippen LogP contribution in [0.4, 0.5) is 4.39 Å². The lowest BCUT2D eigenvalue weighted by Gasteiger charge is -2.38. The number of aliphatic hydroxyl groups excluding tert-OH is 1. The lowest BCUT2D eigenvalue weighted by Crippen LogP contribution is -2.56. The third kappa shape index (κ3) is 2.69. The highest BCUT2D eigenvalue weighted by Crippen LogP contribution is 2.27. The zero-order chi connectivity index (χ0) is 13.9. The summed E-state index contributed by atoms with van der Waals surface area (Å²) in [4.78, 5) is 12.0. The topological polar surface area (TPSA) is 67.8 Å². The molecule has 0 atom stereocenters. The molecule has 6 heteroatoms. The SMILES string of the molecule is COc1ccc(F)cc1CNC(=O)C1(CO)COC1. The molecule has 1 aliphatic heterocycles. The first-order chi connectivity index (χ1) is 9.11. The smallest absolute Gasteiger partial charge is 0.233 e. The summed E-state index contributed by atoms with van der Waals surface area (Å²) >= 11 is 0.